The fourth-order valence-corrected chi connectivity index (χ4v) is 3.76. The van der Waals surface area contributed by atoms with Gasteiger partial charge < -0.3 is 5.11 Å². The van der Waals surface area contributed by atoms with E-state index in [0.29, 0.717) is 31.2 Å². The summed E-state index contributed by atoms with van der Waals surface area (Å²) < 4.78 is 40.4. The highest BCUT2D eigenvalue weighted by molar-refractivity contribution is 7.89. The Morgan fingerprint density at radius 3 is 2.53 bits per heavy atom. The van der Waals surface area contributed by atoms with E-state index < -0.39 is 15.8 Å². The van der Waals surface area contributed by atoms with Crippen molar-refractivity contribution >= 4 is 10.0 Å². The minimum Gasteiger partial charge on any atom is -0.393 e. The molecule has 0 atom stereocenters. The summed E-state index contributed by atoms with van der Waals surface area (Å²) in [7, 11) is -3.84. The van der Waals surface area contributed by atoms with Crippen molar-refractivity contribution in [3.05, 3.63) is 29.6 Å². The van der Waals surface area contributed by atoms with E-state index in [0.717, 1.165) is 6.07 Å². The van der Waals surface area contributed by atoms with E-state index in [1.807, 2.05) is 0 Å². The minimum absolute atomic E-state index is 0.228. The van der Waals surface area contributed by atoms with Crippen molar-refractivity contribution in [1.82, 2.24) is 4.72 Å². The molecule has 0 saturated heterocycles. The molecule has 0 amide bonds. The monoisotopic (exact) mass is 287 g/mol. The summed E-state index contributed by atoms with van der Waals surface area (Å²) in [4.78, 5) is -0.307. The SMILES string of the molecule is Cc1ccc(F)c(S(=O)(=O)NC2CCC(O)CC2)c1. The van der Waals surface area contributed by atoms with Crippen molar-refractivity contribution in [3.8, 4) is 0 Å². The Balaban J connectivity index is 2.16. The number of aliphatic hydroxyl groups excluding tert-OH is 1. The molecule has 0 unspecified atom stereocenters. The average molecular weight is 287 g/mol. The van der Waals surface area contributed by atoms with Gasteiger partial charge in [-0.1, -0.05) is 6.07 Å². The van der Waals surface area contributed by atoms with Crippen LogP contribution in [0.4, 0.5) is 4.39 Å². The molecule has 2 N–H and O–H groups in total. The van der Waals surface area contributed by atoms with E-state index >= 15 is 0 Å². The maximum absolute atomic E-state index is 13.6. The van der Waals surface area contributed by atoms with Gasteiger partial charge in [-0.05, 0) is 50.3 Å². The van der Waals surface area contributed by atoms with Crippen molar-refractivity contribution < 1.29 is 17.9 Å². The van der Waals surface area contributed by atoms with Crippen LogP contribution in [0.3, 0.4) is 0 Å². The summed E-state index contributed by atoms with van der Waals surface area (Å²) in [6.07, 6.45) is 1.95. The Labute approximate surface area is 112 Å². The standard InChI is InChI=1S/C13H18FNO3S/c1-9-2-7-12(14)13(8-9)19(17,18)15-10-3-5-11(16)6-4-10/h2,7-8,10-11,15-16H,3-6H2,1H3. The zero-order valence-electron chi connectivity index (χ0n) is 10.8. The van der Waals surface area contributed by atoms with E-state index in [9.17, 15) is 17.9 Å². The molecule has 0 heterocycles. The van der Waals surface area contributed by atoms with Crippen LogP contribution in [0.15, 0.2) is 23.1 Å². The van der Waals surface area contributed by atoms with Gasteiger partial charge in [-0.15, -0.1) is 0 Å². The highest BCUT2D eigenvalue weighted by Crippen LogP contribution is 2.22. The minimum atomic E-state index is -3.84. The quantitative estimate of drug-likeness (QED) is 0.889. The number of hydrogen-bond acceptors (Lipinski definition) is 3. The molecule has 0 aliphatic heterocycles. The van der Waals surface area contributed by atoms with Crippen molar-refractivity contribution in [2.75, 3.05) is 0 Å². The summed E-state index contributed by atoms with van der Waals surface area (Å²) in [5, 5.41) is 9.39. The molecular weight excluding hydrogens is 269 g/mol. The molecule has 1 saturated carbocycles. The van der Waals surface area contributed by atoms with Crippen molar-refractivity contribution in [1.29, 1.82) is 0 Å². The van der Waals surface area contributed by atoms with Crippen molar-refractivity contribution in [2.45, 2.75) is 49.6 Å². The molecule has 1 fully saturated rings. The molecule has 1 aromatic rings. The van der Waals surface area contributed by atoms with Gasteiger partial charge in [-0.3, -0.25) is 0 Å². The highest BCUT2D eigenvalue weighted by atomic mass is 32.2. The van der Waals surface area contributed by atoms with Crippen LogP contribution in [0.5, 0.6) is 0 Å². The lowest BCUT2D eigenvalue weighted by molar-refractivity contribution is 0.120. The molecule has 106 valence electrons. The Morgan fingerprint density at radius 2 is 1.89 bits per heavy atom. The highest BCUT2D eigenvalue weighted by Gasteiger charge is 2.26. The third kappa shape index (κ3) is 3.52. The first-order chi connectivity index (χ1) is 8.88. The molecule has 1 aliphatic carbocycles. The number of rotatable bonds is 3. The third-order valence-corrected chi connectivity index (χ3v) is 4.93. The van der Waals surface area contributed by atoms with Crippen LogP contribution >= 0.6 is 0 Å². The third-order valence-electron chi connectivity index (χ3n) is 3.39. The molecule has 2 rings (SSSR count). The van der Waals surface area contributed by atoms with Gasteiger partial charge >= 0.3 is 0 Å². The Hall–Kier alpha value is -0.980. The first-order valence-electron chi connectivity index (χ1n) is 6.35. The van der Waals surface area contributed by atoms with E-state index in [2.05, 4.69) is 4.72 Å². The second-order valence-corrected chi connectivity index (χ2v) is 6.74. The first kappa shape index (κ1) is 14.4. The number of aryl methyl sites for hydroxylation is 1. The fourth-order valence-electron chi connectivity index (χ4n) is 2.29. The van der Waals surface area contributed by atoms with E-state index in [1.54, 1.807) is 6.92 Å². The lowest BCUT2D eigenvalue weighted by Crippen LogP contribution is -2.38. The molecule has 0 radical (unpaired) electrons. The number of sulfonamides is 1. The molecule has 1 aliphatic rings. The summed E-state index contributed by atoms with van der Waals surface area (Å²) in [5.41, 5.74) is 0.695. The van der Waals surface area contributed by atoms with Crippen molar-refractivity contribution in [2.24, 2.45) is 0 Å². The number of aliphatic hydroxyl groups is 1. The zero-order chi connectivity index (χ0) is 14.0. The Bertz CT molecular complexity index is 551. The maximum atomic E-state index is 13.6. The van der Waals surface area contributed by atoms with Gasteiger partial charge in [0.1, 0.15) is 10.7 Å². The predicted octanol–water partition coefficient (Wildman–Crippen LogP) is 1.72. The van der Waals surface area contributed by atoms with Crippen LogP contribution in [-0.2, 0) is 10.0 Å². The molecule has 0 bridgehead atoms. The van der Waals surface area contributed by atoms with Gasteiger partial charge in [0, 0.05) is 6.04 Å². The first-order valence-corrected chi connectivity index (χ1v) is 7.83. The van der Waals surface area contributed by atoms with Crippen molar-refractivity contribution in [3.63, 3.8) is 0 Å². The number of halogens is 1. The summed E-state index contributed by atoms with van der Waals surface area (Å²) in [6.45, 7) is 1.72. The maximum Gasteiger partial charge on any atom is 0.243 e. The topological polar surface area (TPSA) is 66.4 Å². The summed E-state index contributed by atoms with van der Waals surface area (Å²) >= 11 is 0. The fraction of sp³-hybridized carbons (Fsp3) is 0.538. The Morgan fingerprint density at radius 1 is 1.26 bits per heavy atom. The van der Waals surface area contributed by atoms with Gasteiger partial charge in [-0.25, -0.2) is 17.5 Å². The average Bonchev–Trinajstić information content (AvgIpc) is 2.35. The van der Waals surface area contributed by atoms with E-state index in [4.69, 9.17) is 0 Å². The Kier molecular flexibility index (Phi) is 4.23. The molecule has 0 spiro atoms. The number of benzene rings is 1. The van der Waals surface area contributed by atoms with E-state index in [-0.39, 0.29) is 17.0 Å². The number of hydrogen-bond donors (Lipinski definition) is 2. The zero-order valence-corrected chi connectivity index (χ0v) is 11.6. The van der Waals surface area contributed by atoms with E-state index in [1.165, 1.54) is 12.1 Å². The van der Waals surface area contributed by atoms with Gasteiger partial charge in [0.05, 0.1) is 6.10 Å². The van der Waals surface area contributed by atoms with Crippen LogP contribution in [0.2, 0.25) is 0 Å². The lowest BCUT2D eigenvalue weighted by atomic mass is 9.94. The lowest BCUT2D eigenvalue weighted by Gasteiger charge is -2.26. The van der Waals surface area contributed by atoms with Gasteiger partial charge in [0.15, 0.2) is 0 Å². The van der Waals surface area contributed by atoms with Crippen LogP contribution in [0.25, 0.3) is 0 Å². The van der Waals surface area contributed by atoms with Crippen LogP contribution < -0.4 is 4.72 Å². The molecule has 0 aromatic heterocycles. The smallest absolute Gasteiger partial charge is 0.243 e. The number of nitrogens with one attached hydrogen (secondary N) is 1. The van der Waals surface area contributed by atoms with Gasteiger partial charge in [-0.2, -0.15) is 0 Å². The van der Waals surface area contributed by atoms with Gasteiger partial charge in [0.25, 0.3) is 0 Å². The molecule has 1 aromatic carbocycles. The molecule has 19 heavy (non-hydrogen) atoms. The van der Waals surface area contributed by atoms with Crippen LogP contribution in [0, 0.1) is 12.7 Å². The van der Waals surface area contributed by atoms with Crippen LogP contribution in [0.1, 0.15) is 31.2 Å². The summed E-state index contributed by atoms with van der Waals surface area (Å²) in [5.74, 6) is -0.742. The molecule has 6 heteroatoms. The molecule has 4 nitrogen and oxygen atoms in total. The normalized spacial score (nSPS) is 24.4. The molecular formula is C13H18FNO3S. The van der Waals surface area contributed by atoms with Gasteiger partial charge in [0.2, 0.25) is 10.0 Å². The second-order valence-electron chi connectivity index (χ2n) is 5.06. The predicted molar refractivity (Wildman–Crippen MR) is 69.7 cm³/mol. The summed E-state index contributed by atoms with van der Waals surface area (Å²) in [6, 6.07) is 3.79. The second kappa shape index (κ2) is 5.56. The largest absolute Gasteiger partial charge is 0.393 e. The van der Waals surface area contributed by atoms with Crippen LogP contribution in [-0.4, -0.2) is 25.7 Å².